The molecule has 0 saturated carbocycles. The first-order chi connectivity index (χ1) is 8.70. The Morgan fingerprint density at radius 1 is 1.56 bits per heavy atom. The summed E-state index contributed by atoms with van der Waals surface area (Å²) in [5.41, 5.74) is 0. The fourth-order valence-corrected chi connectivity index (χ4v) is 2.02. The smallest absolute Gasteiger partial charge is 0.374 e. The predicted octanol–water partition coefficient (Wildman–Crippen LogP) is 1.72. The largest absolute Gasteiger partial charge is 0.460 e. The van der Waals surface area contributed by atoms with Crippen LogP contribution >= 0.6 is 0 Å². The van der Waals surface area contributed by atoms with E-state index < -0.39 is 5.97 Å². The van der Waals surface area contributed by atoms with Gasteiger partial charge in [0.05, 0.1) is 19.3 Å². The van der Waals surface area contributed by atoms with Crippen molar-refractivity contribution in [3.8, 4) is 0 Å². The van der Waals surface area contributed by atoms with E-state index in [0.717, 1.165) is 18.8 Å². The highest BCUT2D eigenvalue weighted by Crippen LogP contribution is 2.14. The second kappa shape index (κ2) is 6.02. The van der Waals surface area contributed by atoms with Gasteiger partial charge in [0.25, 0.3) is 0 Å². The SMILES string of the molecule is CCOC(=O)c1ccc(CN[C@@H]2CCO[C@H]2C)o1. The molecule has 0 radical (unpaired) electrons. The molecule has 5 heteroatoms. The highest BCUT2D eigenvalue weighted by molar-refractivity contribution is 5.86. The van der Waals surface area contributed by atoms with Crippen LogP contribution in [0.3, 0.4) is 0 Å². The van der Waals surface area contributed by atoms with Crippen molar-refractivity contribution in [2.45, 2.75) is 39.0 Å². The summed E-state index contributed by atoms with van der Waals surface area (Å²) in [7, 11) is 0. The maximum absolute atomic E-state index is 11.4. The van der Waals surface area contributed by atoms with Crippen LogP contribution in [0.1, 0.15) is 36.6 Å². The number of carbonyl (C=O) groups excluding carboxylic acids is 1. The van der Waals surface area contributed by atoms with Crippen LogP contribution in [0.5, 0.6) is 0 Å². The Labute approximate surface area is 106 Å². The number of hydrogen-bond acceptors (Lipinski definition) is 5. The molecule has 2 rings (SSSR count). The lowest BCUT2D eigenvalue weighted by Crippen LogP contribution is -2.33. The molecule has 1 aromatic heterocycles. The van der Waals surface area contributed by atoms with Crippen LogP contribution in [0.2, 0.25) is 0 Å². The monoisotopic (exact) mass is 253 g/mol. The van der Waals surface area contributed by atoms with E-state index in [0.29, 0.717) is 19.2 Å². The van der Waals surface area contributed by atoms with Gasteiger partial charge in [-0.05, 0) is 32.4 Å². The third kappa shape index (κ3) is 3.11. The number of furan rings is 1. The topological polar surface area (TPSA) is 60.7 Å². The Bertz CT molecular complexity index is 401. The van der Waals surface area contributed by atoms with Gasteiger partial charge in [-0.1, -0.05) is 0 Å². The summed E-state index contributed by atoms with van der Waals surface area (Å²) in [6.07, 6.45) is 1.23. The summed E-state index contributed by atoms with van der Waals surface area (Å²) >= 11 is 0. The molecule has 18 heavy (non-hydrogen) atoms. The summed E-state index contributed by atoms with van der Waals surface area (Å²) in [6.45, 7) is 5.56. The first kappa shape index (κ1) is 13.1. The molecular formula is C13H19NO4. The van der Waals surface area contributed by atoms with E-state index in [2.05, 4.69) is 12.2 Å². The van der Waals surface area contributed by atoms with Gasteiger partial charge in [0, 0.05) is 12.6 Å². The summed E-state index contributed by atoms with van der Waals surface area (Å²) in [4.78, 5) is 11.4. The highest BCUT2D eigenvalue weighted by Gasteiger charge is 2.23. The van der Waals surface area contributed by atoms with Gasteiger partial charge in [-0.25, -0.2) is 4.79 Å². The first-order valence-electron chi connectivity index (χ1n) is 6.31. The fraction of sp³-hybridized carbons (Fsp3) is 0.615. The van der Waals surface area contributed by atoms with Gasteiger partial charge in [0.15, 0.2) is 0 Å². The Hall–Kier alpha value is -1.33. The predicted molar refractivity (Wildman–Crippen MR) is 65.3 cm³/mol. The van der Waals surface area contributed by atoms with Crippen molar-refractivity contribution >= 4 is 5.97 Å². The minimum absolute atomic E-state index is 0.226. The second-order valence-corrected chi connectivity index (χ2v) is 4.34. The molecule has 0 unspecified atom stereocenters. The van der Waals surface area contributed by atoms with Gasteiger partial charge in [0.2, 0.25) is 5.76 Å². The quantitative estimate of drug-likeness (QED) is 0.810. The lowest BCUT2D eigenvalue weighted by molar-refractivity contribution is 0.0487. The van der Waals surface area contributed by atoms with Crippen LogP contribution < -0.4 is 5.32 Å². The van der Waals surface area contributed by atoms with Crippen molar-refractivity contribution in [3.05, 3.63) is 23.7 Å². The van der Waals surface area contributed by atoms with Gasteiger partial charge in [-0.15, -0.1) is 0 Å². The maximum atomic E-state index is 11.4. The standard InChI is InChI=1S/C13H19NO4/c1-3-16-13(15)12-5-4-10(18-12)8-14-11-6-7-17-9(11)2/h4-5,9,11,14H,3,6-8H2,1-2H3/t9-,11+/m0/s1. The summed E-state index contributed by atoms with van der Waals surface area (Å²) in [5, 5.41) is 3.36. The van der Waals surface area contributed by atoms with Gasteiger partial charge >= 0.3 is 5.97 Å². The number of nitrogens with one attached hydrogen (secondary N) is 1. The van der Waals surface area contributed by atoms with E-state index in [-0.39, 0.29) is 11.9 Å². The summed E-state index contributed by atoms with van der Waals surface area (Å²) in [5.74, 6) is 0.572. The number of hydrogen-bond donors (Lipinski definition) is 1. The zero-order valence-electron chi connectivity index (χ0n) is 10.8. The van der Waals surface area contributed by atoms with Gasteiger partial charge in [-0.3, -0.25) is 0 Å². The molecule has 0 amide bonds. The van der Waals surface area contributed by atoms with E-state index >= 15 is 0 Å². The zero-order valence-corrected chi connectivity index (χ0v) is 10.8. The van der Waals surface area contributed by atoms with E-state index in [1.807, 2.05) is 0 Å². The lowest BCUT2D eigenvalue weighted by atomic mass is 10.1. The Morgan fingerprint density at radius 2 is 2.39 bits per heavy atom. The molecule has 0 spiro atoms. The second-order valence-electron chi connectivity index (χ2n) is 4.34. The third-order valence-electron chi connectivity index (χ3n) is 3.05. The molecule has 1 fully saturated rings. The Morgan fingerprint density at radius 3 is 3.06 bits per heavy atom. The van der Waals surface area contributed by atoms with Crippen LogP contribution in [0.25, 0.3) is 0 Å². The molecule has 1 aromatic rings. The van der Waals surface area contributed by atoms with E-state index in [1.165, 1.54) is 0 Å². The molecule has 1 aliphatic rings. The average Bonchev–Trinajstić information content (AvgIpc) is 2.96. The number of esters is 1. The van der Waals surface area contributed by atoms with Gasteiger partial charge in [0.1, 0.15) is 5.76 Å². The van der Waals surface area contributed by atoms with Crippen molar-refractivity contribution in [1.82, 2.24) is 5.32 Å². The van der Waals surface area contributed by atoms with Crippen molar-refractivity contribution in [3.63, 3.8) is 0 Å². The summed E-state index contributed by atoms with van der Waals surface area (Å²) in [6, 6.07) is 3.78. The van der Waals surface area contributed by atoms with Crippen LogP contribution in [-0.2, 0) is 16.0 Å². The molecule has 1 aliphatic heterocycles. The van der Waals surface area contributed by atoms with E-state index in [4.69, 9.17) is 13.9 Å². The molecule has 100 valence electrons. The molecular weight excluding hydrogens is 234 g/mol. The van der Waals surface area contributed by atoms with Crippen molar-refractivity contribution in [2.75, 3.05) is 13.2 Å². The van der Waals surface area contributed by atoms with Crippen LogP contribution in [0.15, 0.2) is 16.5 Å². The number of rotatable bonds is 5. The summed E-state index contributed by atoms with van der Waals surface area (Å²) < 4.78 is 15.7. The Balaban J connectivity index is 1.85. The fourth-order valence-electron chi connectivity index (χ4n) is 2.02. The Kier molecular flexibility index (Phi) is 4.38. The molecule has 2 atom stereocenters. The lowest BCUT2D eigenvalue weighted by Gasteiger charge is -2.14. The van der Waals surface area contributed by atoms with Crippen molar-refractivity contribution in [1.29, 1.82) is 0 Å². The highest BCUT2D eigenvalue weighted by atomic mass is 16.5. The molecule has 0 aliphatic carbocycles. The third-order valence-corrected chi connectivity index (χ3v) is 3.05. The van der Waals surface area contributed by atoms with Crippen LogP contribution in [0, 0.1) is 0 Å². The molecule has 0 bridgehead atoms. The number of ether oxygens (including phenoxy) is 2. The van der Waals surface area contributed by atoms with Gasteiger partial charge < -0.3 is 19.2 Å². The minimum Gasteiger partial charge on any atom is -0.460 e. The van der Waals surface area contributed by atoms with Crippen LogP contribution in [0.4, 0.5) is 0 Å². The molecule has 2 heterocycles. The molecule has 0 aromatic carbocycles. The molecule has 5 nitrogen and oxygen atoms in total. The average molecular weight is 253 g/mol. The van der Waals surface area contributed by atoms with Crippen molar-refractivity contribution in [2.24, 2.45) is 0 Å². The van der Waals surface area contributed by atoms with Crippen LogP contribution in [-0.4, -0.2) is 31.3 Å². The van der Waals surface area contributed by atoms with E-state index in [1.54, 1.807) is 19.1 Å². The molecule has 1 saturated heterocycles. The normalized spacial score (nSPS) is 23.2. The zero-order chi connectivity index (χ0) is 13.0. The number of carbonyl (C=O) groups is 1. The maximum Gasteiger partial charge on any atom is 0.374 e. The minimum atomic E-state index is -0.415. The first-order valence-corrected chi connectivity index (χ1v) is 6.31. The van der Waals surface area contributed by atoms with E-state index in [9.17, 15) is 4.79 Å². The molecule has 1 N–H and O–H groups in total. The van der Waals surface area contributed by atoms with Gasteiger partial charge in [-0.2, -0.15) is 0 Å². The van der Waals surface area contributed by atoms with Crippen molar-refractivity contribution < 1.29 is 18.7 Å².